The van der Waals surface area contributed by atoms with Gasteiger partial charge in [0.05, 0.1) is 12.2 Å². The first-order chi connectivity index (χ1) is 9.58. The Balaban J connectivity index is 2.21. The van der Waals surface area contributed by atoms with Crippen molar-refractivity contribution in [3.05, 3.63) is 65.5 Å². The minimum atomic E-state index is -0.790. The highest BCUT2D eigenvalue weighted by Crippen LogP contribution is 2.28. The van der Waals surface area contributed by atoms with Gasteiger partial charge in [0.1, 0.15) is 11.6 Å². The lowest BCUT2D eigenvalue weighted by atomic mass is 10.0. The summed E-state index contributed by atoms with van der Waals surface area (Å²) in [5.74, 6) is 0.347. The number of para-hydroxylation sites is 1. The van der Waals surface area contributed by atoms with E-state index < -0.39 is 6.10 Å². The first-order valence-corrected chi connectivity index (χ1v) is 6.75. The second kappa shape index (κ2) is 6.53. The third-order valence-electron chi connectivity index (χ3n) is 3.01. The lowest BCUT2D eigenvalue weighted by molar-refractivity contribution is 0.165. The Morgan fingerprint density at radius 2 is 1.70 bits per heavy atom. The van der Waals surface area contributed by atoms with E-state index in [1.54, 1.807) is 18.2 Å². The van der Waals surface area contributed by atoms with Crippen LogP contribution in [-0.2, 0) is 6.42 Å². The molecule has 20 heavy (non-hydrogen) atoms. The van der Waals surface area contributed by atoms with Crippen LogP contribution in [0.3, 0.4) is 0 Å². The molecule has 0 heterocycles. The topological polar surface area (TPSA) is 29.5 Å². The number of benzene rings is 2. The third kappa shape index (κ3) is 3.58. The summed E-state index contributed by atoms with van der Waals surface area (Å²) in [6.07, 6.45) is -0.538. The van der Waals surface area contributed by atoms with Crippen LogP contribution in [0.1, 0.15) is 31.1 Å². The molecule has 2 aromatic carbocycles. The van der Waals surface area contributed by atoms with E-state index in [0.29, 0.717) is 16.9 Å². The molecule has 0 bridgehead atoms. The van der Waals surface area contributed by atoms with E-state index in [1.165, 1.54) is 6.07 Å². The summed E-state index contributed by atoms with van der Waals surface area (Å²) < 4.78 is 19.3. The minimum Gasteiger partial charge on any atom is -0.491 e. The monoisotopic (exact) mass is 274 g/mol. The maximum absolute atomic E-state index is 13.6. The Bertz CT molecular complexity index is 566. The van der Waals surface area contributed by atoms with Crippen molar-refractivity contribution in [2.45, 2.75) is 32.5 Å². The zero-order valence-corrected chi connectivity index (χ0v) is 11.7. The summed E-state index contributed by atoms with van der Waals surface area (Å²) in [5, 5.41) is 10.3. The van der Waals surface area contributed by atoms with Gasteiger partial charge >= 0.3 is 0 Å². The molecule has 0 aliphatic carbocycles. The first-order valence-electron chi connectivity index (χ1n) is 6.75. The molecular weight excluding hydrogens is 255 g/mol. The van der Waals surface area contributed by atoms with Gasteiger partial charge in [0.25, 0.3) is 0 Å². The fourth-order valence-corrected chi connectivity index (χ4v) is 2.10. The van der Waals surface area contributed by atoms with E-state index in [-0.39, 0.29) is 18.3 Å². The van der Waals surface area contributed by atoms with Crippen LogP contribution in [0, 0.1) is 5.82 Å². The molecule has 0 aliphatic heterocycles. The van der Waals surface area contributed by atoms with Gasteiger partial charge < -0.3 is 9.84 Å². The highest BCUT2D eigenvalue weighted by molar-refractivity contribution is 5.36. The Hall–Kier alpha value is -1.87. The van der Waals surface area contributed by atoms with Gasteiger partial charge in [0.2, 0.25) is 0 Å². The summed E-state index contributed by atoms with van der Waals surface area (Å²) in [6.45, 7) is 3.86. The van der Waals surface area contributed by atoms with Gasteiger partial charge in [0, 0.05) is 12.0 Å². The SMILES string of the molecule is CC(C)Oc1ccccc1C(O)Cc1ccccc1F. The van der Waals surface area contributed by atoms with E-state index in [9.17, 15) is 9.50 Å². The van der Waals surface area contributed by atoms with Gasteiger partial charge in [-0.25, -0.2) is 4.39 Å². The molecule has 0 amide bonds. The van der Waals surface area contributed by atoms with Gasteiger partial charge in [-0.05, 0) is 31.5 Å². The van der Waals surface area contributed by atoms with Crippen molar-refractivity contribution in [2.75, 3.05) is 0 Å². The standard InChI is InChI=1S/C17H19FO2/c1-12(2)20-17-10-6-4-8-14(17)16(19)11-13-7-3-5-9-15(13)18/h3-10,12,16,19H,11H2,1-2H3. The molecule has 0 radical (unpaired) electrons. The summed E-state index contributed by atoms with van der Waals surface area (Å²) in [5.41, 5.74) is 1.18. The lowest BCUT2D eigenvalue weighted by Crippen LogP contribution is -2.10. The quantitative estimate of drug-likeness (QED) is 0.896. The molecular formula is C17H19FO2. The maximum atomic E-state index is 13.6. The highest BCUT2D eigenvalue weighted by atomic mass is 19.1. The van der Waals surface area contributed by atoms with Crippen LogP contribution < -0.4 is 4.74 Å². The molecule has 1 atom stereocenters. The molecule has 0 aromatic heterocycles. The highest BCUT2D eigenvalue weighted by Gasteiger charge is 2.16. The fourth-order valence-electron chi connectivity index (χ4n) is 2.10. The smallest absolute Gasteiger partial charge is 0.126 e. The van der Waals surface area contributed by atoms with Crippen LogP contribution in [0.5, 0.6) is 5.75 Å². The predicted octanol–water partition coefficient (Wildman–Crippen LogP) is 3.89. The van der Waals surface area contributed by atoms with Crippen molar-refractivity contribution in [2.24, 2.45) is 0 Å². The maximum Gasteiger partial charge on any atom is 0.126 e. The minimum absolute atomic E-state index is 0.0248. The molecule has 1 unspecified atom stereocenters. The third-order valence-corrected chi connectivity index (χ3v) is 3.01. The normalized spacial score (nSPS) is 12.4. The van der Waals surface area contributed by atoms with Gasteiger partial charge in [0.15, 0.2) is 0 Å². The van der Waals surface area contributed by atoms with Gasteiger partial charge in [-0.1, -0.05) is 36.4 Å². The Labute approximate surface area is 118 Å². The lowest BCUT2D eigenvalue weighted by Gasteiger charge is -2.18. The molecule has 0 aliphatic rings. The Morgan fingerprint density at radius 1 is 1.05 bits per heavy atom. The van der Waals surface area contributed by atoms with E-state index in [1.807, 2.05) is 38.1 Å². The number of halogens is 1. The molecule has 2 rings (SSSR count). The average molecular weight is 274 g/mol. The summed E-state index contributed by atoms with van der Waals surface area (Å²) >= 11 is 0. The molecule has 1 N–H and O–H groups in total. The van der Waals surface area contributed by atoms with Crippen LogP contribution in [0.2, 0.25) is 0 Å². The number of hydrogen-bond acceptors (Lipinski definition) is 2. The molecule has 0 saturated carbocycles. The molecule has 2 aromatic rings. The van der Waals surface area contributed by atoms with Crippen molar-refractivity contribution in [1.29, 1.82) is 0 Å². The number of hydrogen-bond donors (Lipinski definition) is 1. The van der Waals surface area contributed by atoms with Crippen molar-refractivity contribution in [3.63, 3.8) is 0 Å². The van der Waals surface area contributed by atoms with E-state index in [2.05, 4.69) is 0 Å². The summed E-state index contributed by atoms with van der Waals surface area (Å²) in [6, 6.07) is 13.8. The number of aliphatic hydroxyl groups excluding tert-OH is 1. The zero-order valence-electron chi connectivity index (χ0n) is 11.7. The van der Waals surface area contributed by atoms with Crippen molar-refractivity contribution in [1.82, 2.24) is 0 Å². The fraction of sp³-hybridized carbons (Fsp3) is 0.294. The molecule has 106 valence electrons. The van der Waals surface area contributed by atoms with Crippen LogP contribution in [0.15, 0.2) is 48.5 Å². The van der Waals surface area contributed by atoms with Crippen LogP contribution in [-0.4, -0.2) is 11.2 Å². The van der Waals surface area contributed by atoms with E-state index in [4.69, 9.17) is 4.74 Å². The Kier molecular flexibility index (Phi) is 4.74. The van der Waals surface area contributed by atoms with Crippen LogP contribution in [0.25, 0.3) is 0 Å². The average Bonchev–Trinajstić information content (AvgIpc) is 2.41. The predicted molar refractivity (Wildman–Crippen MR) is 77.3 cm³/mol. The largest absolute Gasteiger partial charge is 0.491 e. The van der Waals surface area contributed by atoms with Crippen molar-refractivity contribution < 1.29 is 14.2 Å². The summed E-state index contributed by atoms with van der Waals surface area (Å²) in [4.78, 5) is 0. The van der Waals surface area contributed by atoms with Crippen LogP contribution in [0.4, 0.5) is 4.39 Å². The van der Waals surface area contributed by atoms with Crippen molar-refractivity contribution >= 4 is 0 Å². The number of aliphatic hydroxyl groups is 1. The second-order valence-corrected chi connectivity index (χ2v) is 5.02. The molecule has 0 fully saturated rings. The van der Waals surface area contributed by atoms with E-state index >= 15 is 0 Å². The van der Waals surface area contributed by atoms with Gasteiger partial charge in [-0.3, -0.25) is 0 Å². The van der Waals surface area contributed by atoms with Gasteiger partial charge in [-0.15, -0.1) is 0 Å². The summed E-state index contributed by atoms with van der Waals surface area (Å²) in [7, 11) is 0. The first kappa shape index (κ1) is 14.5. The molecule has 0 saturated heterocycles. The molecule has 2 nitrogen and oxygen atoms in total. The Morgan fingerprint density at radius 3 is 2.40 bits per heavy atom. The molecule has 0 spiro atoms. The van der Waals surface area contributed by atoms with Gasteiger partial charge in [-0.2, -0.15) is 0 Å². The number of rotatable bonds is 5. The molecule has 3 heteroatoms. The van der Waals surface area contributed by atoms with Crippen molar-refractivity contribution in [3.8, 4) is 5.75 Å². The number of ether oxygens (including phenoxy) is 1. The van der Waals surface area contributed by atoms with E-state index in [0.717, 1.165) is 0 Å². The zero-order chi connectivity index (χ0) is 14.5. The second-order valence-electron chi connectivity index (χ2n) is 5.02. The van der Waals surface area contributed by atoms with Crippen LogP contribution >= 0.6 is 0 Å².